The Morgan fingerprint density at radius 1 is 1.10 bits per heavy atom. The zero-order valence-electron chi connectivity index (χ0n) is 11.1. The molecule has 5 heteroatoms. The molecule has 0 bridgehead atoms. The van der Waals surface area contributed by atoms with Crippen molar-refractivity contribution in [1.82, 2.24) is 10.1 Å². The molecule has 0 radical (unpaired) electrons. The van der Waals surface area contributed by atoms with Crippen LogP contribution in [-0.2, 0) is 11.3 Å². The van der Waals surface area contributed by atoms with Gasteiger partial charge in [0.2, 0.25) is 0 Å². The lowest BCUT2D eigenvalue weighted by molar-refractivity contribution is 0.0430. The molecule has 0 unspecified atom stereocenters. The van der Waals surface area contributed by atoms with Crippen molar-refractivity contribution in [2.24, 2.45) is 0 Å². The molecule has 0 N–H and O–H groups in total. The predicted molar refractivity (Wildman–Crippen MR) is 75.3 cm³/mol. The van der Waals surface area contributed by atoms with Crippen molar-refractivity contribution in [2.45, 2.75) is 6.61 Å². The van der Waals surface area contributed by atoms with E-state index in [1.807, 2.05) is 30.3 Å². The zero-order chi connectivity index (χ0) is 14.5. The smallest absolute Gasteiger partial charge is 0.357 e. The SMILES string of the molecule is O=C(OCc1cc(-c2ccccc2)no1)c1ccccn1. The summed E-state index contributed by atoms with van der Waals surface area (Å²) in [5.41, 5.74) is 1.92. The number of benzene rings is 1. The van der Waals surface area contributed by atoms with Gasteiger partial charge in [0.25, 0.3) is 0 Å². The Kier molecular flexibility index (Phi) is 3.73. The normalized spacial score (nSPS) is 10.3. The van der Waals surface area contributed by atoms with Gasteiger partial charge in [-0.1, -0.05) is 41.6 Å². The highest BCUT2D eigenvalue weighted by Gasteiger charge is 2.11. The highest BCUT2D eigenvalue weighted by atomic mass is 16.5. The topological polar surface area (TPSA) is 65.2 Å². The summed E-state index contributed by atoms with van der Waals surface area (Å²) in [7, 11) is 0. The first kappa shape index (κ1) is 13.1. The number of nitrogens with zero attached hydrogens (tertiary/aromatic N) is 2. The third-order valence-corrected chi connectivity index (χ3v) is 2.85. The Balaban J connectivity index is 1.64. The number of rotatable bonds is 4. The van der Waals surface area contributed by atoms with E-state index in [4.69, 9.17) is 9.26 Å². The minimum atomic E-state index is -0.492. The van der Waals surface area contributed by atoms with Gasteiger partial charge in [0, 0.05) is 17.8 Å². The number of carbonyl (C=O) groups excluding carboxylic acids is 1. The number of aromatic nitrogens is 2. The number of hydrogen-bond donors (Lipinski definition) is 0. The summed E-state index contributed by atoms with van der Waals surface area (Å²) in [6, 6.07) is 16.4. The summed E-state index contributed by atoms with van der Waals surface area (Å²) in [5, 5.41) is 3.96. The van der Waals surface area contributed by atoms with Gasteiger partial charge in [0.1, 0.15) is 11.4 Å². The minimum absolute atomic E-state index is 0.0231. The van der Waals surface area contributed by atoms with Crippen LogP contribution in [0.15, 0.2) is 65.3 Å². The maximum Gasteiger partial charge on any atom is 0.357 e. The first-order valence-corrected chi connectivity index (χ1v) is 6.42. The maximum absolute atomic E-state index is 11.7. The van der Waals surface area contributed by atoms with E-state index < -0.39 is 5.97 Å². The summed E-state index contributed by atoms with van der Waals surface area (Å²) in [4.78, 5) is 15.7. The number of ether oxygens (including phenoxy) is 1. The van der Waals surface area contributed by atoms with E-state index in [0.29, 0.717) is 11.5 Å². The van der Waals surface area contributed by atoms with E-state index in [1.165, 1.54) is 0 Å². The second kappa shape index (κ2) is 6.00. The van der Waals surface area contributed by atoms with E-state index in [1.54, 1.807) is 30.5 Å². The van der Waals surface area contributed by atoms with Gasteiger partial charge in [-0.25, -0.2) is 9.78 Å². The van der Waals surface area contributed by atoms with E-state index in [2.05, 4.69) is 10.1 Å². The predicted octanol–water partition coefficient (Wildman–Crippen LogP) is 3.09. The van der Waals surface area contributed by atoms with Gasteiger partial charge < -0.3 is 9.26 Å². The van der Waals surface area contributed by atoms with Crippen molar-refractivity contribution >= 4 is 5.97 Å². The van der Waals surface area contributed by atoms with Crippen molar-refractivity contribution < 1.29 is 14.1 Å². The fourth-order valence-corrected chi connectivity index (χ4v) is 1.82. The molecule has 0 saturated carbocycles. The lowest BCUT2D eigenvalue weighted by atomic mass is 10.1. The van der Waals surface area contributed by atoms with Gasteiger partial charge in [-0.15, -0.1) is 0 Å². The number of pyridine rings is 1. The molecule has 0 aliphatic rings. The molecule has 1 aromatic carbocycles. The molecule has 0 saturated heterocycles. The van der Waals surface area contributed by atoms with Crippen LogP contribution in [0.5, 0.6) is 0 Å². The summed E-state index contributed by atoms with van der Waals surface area (Å²) in [5.74, 6) is -0.00797. The van der Waals surface area contributed by atoms with Crippen molar-refractivity contribution in [2.75, 3.05) is 0 Å². The van der Waals surface area contributed by atoms with Gasteiger partial charge in [0.15, 0.2) is 12.4 Å². The molecule has 0 fully saturated rings. The fraction of sp³-hybridized carbons (Fsp3) is 0.0625. The Morgan fingerprint density at radius 3 is 2.67 bits per heavy atom. The van der Waals surface area contributed by atoms with E-state index in [-0.39, 0.29) is 12.3 Å². The molecule has 21 heavy (non-hydrogen) atoms. The van der Waals surface area contributed by atoms with E-state index in [9.17, 15) is 4.79 Å². The molecule has 3 rings (SSSR count). The van der Waals surface area contributed by atoms with E-state index >= 15 is 0 Å². The highest BCUT2D eigenvalue weighted by molar-refractivity contribution is 5.87. The second-order valence-corrected chi connectivity index (χ2v) is 4.34. The molecule has 2 aromatic heterocycles. The van der Waals surface area contributed by atoms with Crippen LogP contribution in [0.3, 0.4) is 0 Å². The quantitative estimate of drug-likeness (QED) is 0.687. The van der Waals surface area contributed by atoms with Crippen LogP contribution in [0, 0.1) is 0 Å². The summed E-state index contributed by atoms with van der Waals surface area (Å²) < 4.78 is 10.3. The lowest BCUT2D eigenvalue weighted by Crippen LogP contribution is -2.06. The first-order chi connectivity index (χ1) is 10.3. The minimum Gasteiger partial charge on any atom is -0.453 e. The largest absolute Gasteiger partial charge is 0.453 e. The Morgan fingerprint density at radius 2 is 1.90 bits per heavy atom. The Labute approximate surface area is 121 Å². The van der Waals surface area contributed by atoms with Crippen LogP contribution in [0.1, 0.15) is 16.2 Å². The molecule has 104 valence electrons. The molecule has 0 spiro atoms. The summed E-state index contributed by atoms with van der Waals surface area (Å²) in [6.45, 7) is 0.0231. The molecular formula is C16H12N2O3. The molecule has 0 aliphatic carbocycles. The van der Waals surface area contributed by atoms with Crippen LogP contribution < -0.4 is 0 Å². The van der Waals surface area contributed by atoms with Gasteiger partial charge >= 0.3 is 5.97 Å². The average Bonchev–Trinajstić information content (AvgIpc) is 3.03. The van der Waals surface area contributed by atoms with Crippen LogP contribution in [0.4, 0.5) is 0 Å². The van der Waals surface area contributed by atoms with Crippen LogP contribution in [-0.4, -0.2) is 16.1 Å². The lowest BCUT2D eigenvalue weighted by Gasteiger charge is -2.00. The molecular weight excluding hydrogens is 268 g/mol. The number of hydrogen-bond acceptors (Lipinski definition) is 5. The zero-order valence-corrected chi connectivity index (χ0v) is 11.1. The van der Waals surface area contributed by atoms with Gasteiger partial charge in [-0.05, 0) is 12.1 Å². The van der Waals surface area contributed by atoms with Crippen molar-refractivity contribution in [3.05, 3.63) is 72.2 Å². The second-order valence-electron chi connectivity index (χ2n) is 4.34. The fourth-order valence-electron chi connectivity index (χ4n) is 1.82. The summed E-state index contributed by atoms with van der Waals surface area (Å²) in [6.07, 6.45) is 1.54. The molecule has 5 nitrogen and oxygen atoms in total. The first-order valence-electron chi connectivity index (χ1n) is 6.42. The third-order valence-electron chi connectivity index (χ3n) is 2.85. The Hall–Kier alpha value is -2.95. The molecule has 3 aromatic rings. The molecule has 0 amide bonds. The van der Waals surface area contributed by atoms with Crippen LogP contribution >= 0.6 is 0 Å². The van der Waals surface area contributed by atoms with Crippen molar-refractivity contribution in [1.29, 1.82) is 0 Å². The van der Waals surface area contributed by atoms with Gasteiger partial charge in [-0.3, -0.25) is 0 Å². The average molecular weight is 280 g/mol. The standard InChI is InChI=1S/C16H12N2O3/c19-16(14-8-4-5-9-17-14)20-11-13-10-15(18-21-13)12-6-2-1-3-7-12/h1-10H,11H2. The summed E-state index contributed by atoms with van der Waals surface area (Å²) >= 11 is 0. The van der Waals surface area contributed by atoms with Gasteiger partial charge in [0.05, 0.1) is 0 Å². The van der Waals surface area contributed by atoms with Crippen molar-refractivity contribution in [3.8, 4) is 11.3 Å². The molecule has 0 atom stereocenters. The monoisotopic (exact) mass is 280 g/mol. The van der Waals surface area contributed by atoms with Crippen LogP contribution in [0.2, 0.25) is 0 Å². The van der Waals surface area contributed by atoms with Crippen molar-refractivity contribution in [3.63, 3.8) is 0 Å². The van der Waals surface area contributed by atoms with Gasteiger partial charge in [-0.2, -0.15) is 0 Å². The number of carbonyl (C=O) groups is 1. The highest BCUT2D eigenvalue weighted by Crippen LogP contribution is 2.19. The molecule has 2 heterocycles. The maximum atomic E-state index is 11.7. The van der Waals surface area contributed by atoms with E-state index in [0.717, 1.165) is 5.56 Å². The Bertz CT molecular complexity index is 724. The number of esters is 1. The third kappa shape index (κ3) is 3.14. The molecule has 0 aliphatic heterocycles. The van der Waals surface area contributed by atoms with Crippen LogP contribution in [0.25, 0.3) is 11.3 Å².